The van der Waals surface area contributed by atoms with Gasteiger partial charge < -0.3 is 20.1 Å². The van der Waals surface area contributed by atoms with Crippen LogP contribution < -0.4 is 10.6 Å². The first-order chi connectivity index (χ1) is 19.2. The Bertz CT molecular complexity index is 1300. The van der Waals surface area contributed by atoms with Gasteiger partial charge in [-0.15, -0.1) is 4.99 Å². The predicted molar refractivity (Wildman–Crippen MR) is 151 cm³/mol. The second-order valence-corrected chi connectivity index (χ2v) is 10.3. The van der Waals surface area contributed by atoms with Crippen molar-refractivity contribution >= 4 is 24.1 Å². The lowest BCUT2D eigenvalue weighted by Crippen LogP contribution is -2.45. The Morgan fingerprint density at radius 3 is 2.00 bits per heavy atom. The molecule has 4 rings (SSSR count). The van der Waals surface area contributed by atoms with Crippen molar-refractivity contribution in [1.82, 2.24) is 15.5 Å². The summed E-state index contributed by atoms with van der Waals surface area (Å²) in [6, 6.07) is 28.0. The quantitative estimate of drug-likeness (QED) is 0.389. The highest BCUT2D eigenvalue weighted by atomic mass is 16.6. The number of amides is 3. The van der Waals surface area contributed by atoms with Crippen LogP contribution in [-0.4, -0.2) is 47.6 Å². The van der Waals surface area contributed by atoms with Gasteiger partial charge in [0.1, 0.15) is 12.2 Å². The zero-order valence-corrected chi connectivity index (χ0v) is 22.9. The first-order valence-electron chi connectivity index (χ1n) is 13.2. The predicted octanol–water partition coefficient (Wildman–Crippen LogP) is 4.97. The molecule has 40 heavy (non-hydrogen) atoms. The molecule has 0 unspecified atom stereocenters. The van der Waals surface area contributed by atoms with Gasteiger partial charge in [-0.25, -0.2) is 9.59 Å². The number of nitrogens with zero attached hydrogens (tertiary/aromatic N) is 2. The van der Waals surface area contributed by atoms with Crippen LogP contribution in [0, 0.1) is 0 Å². The highest BCUT2D eigenvalue weighted by Crippen LogP contribution is 2.36. The smallest absolute Gasteiger partial charge is 0.437 e. The molecule has 1 fully saturated rings. The number of hydrogen-bond donors (Lipinski definition) is 2. The van der Waals surface area contributed by atoms with Crippen molar-refractivity contribution in [2.75, 3.05) is 13.1 Å². The molecule has 0 saturated carbocycles. The standard InChI is InChI=1S/C31H34N4O5/c1-30(2,3)40-29(38)33-27-34-31(24-16-9-5-10-17-24,25-18-11-6-12-19-25)26(36)35(27)21-13-20-32-28(37)39-22-23-14-7-4-8-15-23/h4-12,14-19H,13,20-22H2,1-3H3,(H,32,37)(H,33,34,38). The Labute approximate surface area is 234 Å². The van der Waals surface area contributed by atoms with E-state index in [9.17, 15) is 14.4 Å². The summed E-state index contributed by atoms with van der Waals surface area (Å²) in [5, 5.41) is 5.97. The monoisotopic (exact) mass is 542 g/mol. The van der Waals surface area contributed by atoms with E-state index in [1.54, 1.807) is 20.8 Å². The molecule has 2 N–H and O–H groups in total. The normalized spacial score (nSPS) is 15.4. The van der Waals surface area contributed by atoms with Crippen LogP contribution in [0.5, 0.6) is 0 Å². The van der Waals surface area contributed by atoms with Crippen LogP contribution in [0.4, 0.5) is 9.59 Å². The van der Waals surface area contributed by atoms with Gasteiger partial charge in [0.25, 0.3) is 5.91 Å². The van der Waals surface area contributed by atoms with Gasteiger partial charge >= 0.3 is 12.2 Å². The number of carbonyl (C=O) groups is 3. The number of nitrogens with one attached hydrogen (secondary N) is 2. The van der Waals surface area contributed by atoms with Crippen LogP contribution in [0.3, 0.4) is 0 Å². The largest absolute Gasteiger partial charge is 0.445 e. The fourth-order valence-electron chi connectivity index (χ4n) is 4.39. The van der Waals surface area contributed by atoms with Gasteiger partial charge in [0.2, 0.25) is 5.96 Å². The number of guanidine groups is 1. The van der Waals surface area contributed by atoms with Gasteiger partial charge in [-0.2, -0.15) is 0 Å². The Morgan fingerprint density at radius 1 is 0.900 bits per heavy atom. The Balaban J connectivity index is 1.53. The van der Waals surface area contributed by atoms with Crippen LogP contribution in [0.2, 0.25) is 0 Å². The molecule has 0 spiro atoms. The van der Waals surface area contributed by atoms with E-state index in [0.717, 1.165) is 5.56 Å². The molecule has 1 saturated heterocycles. The van der Waals surface area contributed by atoms with E-state index in [0.29, 0.717) is 17.5 Å². The van der Waals surface area contributed by atoms with Gasteiger partial charge in [0.05, 0.1) is 0 Å². The molecular weight excluding hydrogens is 508 g/mol. The van der Waals surface area contributed by atoms with E-state index in [2.05, 4.69) is 15.6 Å². The summed E-state index contributed by atoms with van der Waals surface area (Å²) >= 11 is 0. The maximum Gasteiger partial charge on any atom is 0.437 e. The van der Waals surface area contributed by atoms with Crippen LogP contribution in [0.15, 0.2) is 96.0 Å². The molecule has 0 atom stereocenters. The highest BCUT2D eigenvalue weighted by Gasteiger charge is 2.52. The minimum atomic E-state index is -1.30. The van der Waals surface area contributed by atoms with Gasteiger partial charge in [0.15, 0.2) is 5.54 Å². The average Bonchev–Trinajstić information content (AvgIpc) is 3.21. The van der Waals surface area contributed by atoms with E-state index in [1.165, 1.54) is 4.90 Å². The van der Waals surface area contributed by atoms with Crippen molar-refractivity contribution in [3.05, 3.63) is 108 Å². The zero-order chi connectivity index (χ0) is 28.6. The molecule has 1 heterocycles. The topological polar surface area (TPSA) is 109 Å². The number of carbonyl (C=O) groups excluding carboxylic acids is 3. The minimum Gasteiger partial charge on any atom is -0.445 e. The molecule has 9 nitrogen and oxygen atoms in total. The maximum atomic E-state index is 14.2. The van der Waals surface area contributed by atoms with Crippen molar-refractivity contribution in [1.29, 1.82) is 0 Å². The maximum absolute atomic E-state index is 14.2. The van der Waals surface area contributed by atoms with Crippen molar-refractivity contribution < 1.29 is 23.9 Å². The summed E-state index contributed by atoms with van der Waals surface area (Å²) in [5.74, 6) is -0.211. The first kappa shape index (κ1) is 28.4. The Hall–Kier alpha value is -4.66. The van der Waals surface area contributed by atoms with E-state index in [-0.39, 0.29) is 31.6 Å². The molecule has 3 aromatic carbocycles. The SMILES string of the molecule is CC(C)(C)OC(=O)/N=C1/NC(c2ccccc2)(c2ccccc2)C(=O)N1CCCNC(=O)OCc1ccccc1. The van der Waals surface area contributed by atoms with Gasteiger partial charge in [-0.1, -0.05) is 91.0 Å². The molecule has 3 amide bonds. The number of ether oxygens (including phenoxy) is 2. The van der Waals surface area contributed by atoms with Crippen LogP contribution in [0.25, 0.3) is 0 Å². The van der Waals surface area contributed by atoms with Crippen LogP contribution in [-0.2, 0) is 26.4 Å². The second-order valence-electron chi connectivity index (χ2n) is 10.3. The summed E-state index contributed by atoms with van der Waals surface area (Å²) in [6.07, 6.45) is -0.978. The van der Waals surface area contributed by atoms with E-state index >= 15 is 0 Å². The lowest BCUT2D eigenvalue weighted by atomic mass is 9.82. The second kappa shape index (κ2) is 12.5. The van der Waals surface area contributed by atoms with Crippen molar-refractivity contribution in [2.45, 2.75) is 44.9 Å². The molecule has 208 valence electrons. The third kappa shape index (κ3) is 6.85. The van der Waals surface area contributed by atoms with Crippen molar-refractivity contribution in [3.8, 4) is 0 Å². The summed E-state index contributed by atoms with van der Waals surface area (Å²) in [4.78, 5) is 44.7. The molecule has 0 radical (unpaired) electrons. The van der Waals surface area contributed by atoms with Crippen molar-refractivity contribution in [2.24, 2.45) is 4.99 Å². The molecule has 0 bridgehead atoms. The molecular formula is C31H34N4O5. The fraction of sp³-hybridized carbons (Fsp3) is 0.290. The average molecular weight is 543 g/mol. The van der Waals surface area contributed by atoms with E-state index < -0.39 is 23.3 Å². The minimum absolute atomic E-state index is 0.0820. The van der Waals surface area contributed by atoms with Gasteiger partial charge in [0, 0.05) is 13.1 Å². The molecule has 3 aromatic rings. The Morgan fingerprint density at radius 2 is 1.45 bits per heavy atom. The van der Waals surface area contributed by atoms with E-state index in [1.807, 2.05) is 91.0 Å². The molecule has 9 heteroatoms. The molecule has 0 aliphatic carbocycles. The highest BCUT2D eigenvalue weighted by molar-refractivity contribution is 6.13. The summed E-state index contributed by atoms with van der Waals surface area (Å²) < 4.78 is 10.7. The van der Waals surface area contributed by atoms with Crippen LogP contribution in [0.1, 0.15) is 43.9 Å². The first-order valence-corrected chi connectivity index (χ1v) is 13.2. The number of aliphatic imine (C=N–C) groups is 1. The zero-order valence-electron chi connectivity index (χ0n) is 22.9. The van der Waals surface area contributed by atoms with Crippen LogP contribution >= 0.6 is 0 Å². The van der Waals surface area contributed by atoms with E-state index in [4.69, 9.17) is 9.47 Å². The lowest BCUT2D eigenvalue weighted by Gasteiger charge is -2.28. The van der Waals surface area contributed by atoms with Gasteiger partial charge in [-0.3, -0.25) is 9.69 Å². The number of alkyl carbamates (subject to hydrolysis) is 1. The lowest BCUT2D eigenvalue weighted by molar-refractivity contribution is -0.130. The third-order valence-electron chi connectivity index (χ3n) is 6.17. The molecule has 1 aliphatic heterocycles. The summed E-state index contributed by atoms with van der Waals surface area (Å²) in [7, 11) is 0. The van der Waals surface area contributed by atoms with Crippen molar-refractivity contribution in [3.63, 3.8) is 0 Å². The third-order valence-corrected chi connectivity index (χ3v) is 6.17. The fourth-order valence-corrected chi connectivity index (χ4v) is 4.39. The summed E-state index contributed by atoms with van der Waals surface area (Å²) in [6.45, 7) is 5.84. The molecule has 0 aromatic heterocycles. The Kier molecular flexibility index (Phi) is 8.83. The number of hydrogen-bond acceptors (Lipinski definition) is 5. The number of benzene rings is 3. The summed E-state index contributed by atoms with van der Waals surface area (Å²) in [5.41, 5.74) is 0.230. The molecule has 1 aliphatic rings. The number of rotatable bonds is 8. The van der Waals surface area contributed by atoms with Gasteiger partial charge in [-0.05, 0) is 43.9 Å².